The molecule has 0 amide bonds. The first-order valence-electron chi connectivity index (χ1n) is 6.12. The molecule has 2 aromatic carbocycles. The van der Waals surface area contributed by atoms with Crippen molar-refractivity contribution in [2.24, 2.45) is 0 Å². The third-order valence-corrected chi connectivity index (χ3v) is 3.22. The minimum atomic E-state index is -0.532. The molecule has 0 saturated carbocycles. The molecule has 0 saturated heterocycles. The fraction of sp³-hybridized carbons (Fsp3) is 0. The summed E-state index contributed by atoms with van der Waals surface area (Å²) >= 11 is 0. The lowest BCUT2D eigenvalue weighted by atomic mass is 10.1. The van der Waals surface area contributed by atoms with Gasteiger partial charge in [-0.25, -0.2) is 4.39 Å². The maximum atomic E-state index is 12.9. The van der Waals surface area contributed by atoms with Crippen molar-refractivity contribution in [1.82, 2.24) is 4.98 Å². The highest BCUT2D eigenvalue weighted by Crippen LogP contribution is 2.26. The molecular formula is C15H9FN2O3. The predicted octanol–water partition coefficient (Wildman–Crippen LogP) is 3.24. The lowest BCUT2D eigenvalue weighted by Crippen LogP contribution is -2.08. The summed E-state index contributed by atoms with van der Waals surface area (Å²) in [6, 6.07) is 11.4. The Labute approximate surface area is 117 Å². The van der Waals surface area contributed by atoms with Crippen LogP contribution in [0.2, 0.25) is 0 Å². The van der Waals surface area contributed by atoms with Crippen molar-refractivity contribution < 1.29 is 9.31 Å². The summed E-state index contributed by atoms with van der Waals surface area (Å²) in [4.78, 5) is 25.2. The number of H-pyrrole nitrogens is 1. The van der Waals surface area contributed by atoms with E-state index in [0.29, 0.717) is 11.3 Å². The van der Waals surface area contributed by atoms with Crippen molar-refractivity contribution in [2.45, 2.75) is 0 Å². The Morgan fingerprint density at radius 2 is 1.76 bits per heavy atom. The molecule has 3 aromatic rings. The van der Waals surface area contributed by atoms with Crippen LogP contribution in [0.4, 0.5) is 10.1 Å². The number of halogens is 1. The van der Waals surface area contributed by atoms with Gasteiger partial charge in [0.25, 0.3) is 11.2 Å². The van der Waals surface area contributed by atoms with Gasteiger partial charge in [0, 0.05) is 11.8 Å². The number of nitrogens with zero attached hydrogens (tertiary/aromatic N) is 1. The molecule has 1 N–H and O–H groups in total. The zero-order chi connectivity index (χ0) is 15.0. The van der Waals surface area contributed by atoms with Gasteiger partial charge in [-0.3, -0.25) is 14.9 Å². The van der Waals surface area contributed by atoms with Gasteiger partial charge in [0.2, 0.25) is 0 Å². The van der Waals surface area contributed by atoms with Crippen molar-refractivity contribution in [3.8, 4) is 11.3 Å². The number of pyridine rings is 1. The molecule has 0 spiro atoms. The van der Waals surface area contributed by atoms with Gasteiger partial charge < -0.3 is 4.98 Å². The van der Waals surface area contributed by atoms with E-state index in [9.17, 15) is 19.3 Å². The number of nitrogens with one attached hydrogen (secondary N) is 1. The molecule has 0 bridgehead atoms. The molecule has 0 aliphatic heterocycles. The van der Waals surface area contributed by atoms with Crippen molar-refractivity contribution >= 4 is 16.5 Å². The maximum absolute atomic E-state index is 12.9. The van der Waals surface area contributed by atoms with Crippen LogP contribution < -0.4 is 5.56 Å². The number of rotatable bonds is 2. The van der Waals surface area contributed by atoms with Crippen LogP contribution in [0.3, 0.4) is 0 Å². The lowest BCUT2D eigenvalue weighted by molar-refractivity contribution is -0.383. The third-order valence-electron chi connectivity index (χ3n) is 3.22. The van der Waals surface area contributed by atoms with E-state index >= 15 is 0 Å². The zero-order valence-electron chi connectivity index (χ0n) is 10.7. The first kappa shape index (κ1) is 13.0. The average Bonchev–Trinajstić information content (AvgIpc) is 2.47. The van der Waals surface area contributed by atoms with Crippen LogP contribution in [0.25, 0.3) is 22.0 Å². The molecule has 5 nitrogen and oxygen atoms in total. The van der Waals surface area contributed by atoms with E-state index in [0.717, 1.165) is 0 Å². The van der Waals surface area contributed by atoms with E-state index < -0.39 is 16.3 Å². The second-order valence-corrected chi connectivity index (χ2v) is 4.51. The van der Waals surface area contributed by atoms with Crippen LogP contribution in [0.1, 0.15) is 0 Å². The molecular weight excluding hydrogens is 275 g/mol. The molecule has 21 heavy (non-hydrogen) atoms. The summed E-state index contributed by atoms with van der Waals surface area (Å²) in [5, 5.41) is 11.6. The van der Waals surface area contributed by atoms with Crippen LogP contribution in [0.5, 0.6) is 0 Å². The number of hydrogen-bond donors (Lipinski definition) is 1. The summed E-state index contributed by atoms with van der Waals surface area (Å²) in [5.74, 6) is -0.395. The normalized spacial score (nSPS) is 10.7. The van der Waals surface area contributed by atoms with Gasteiger partial charge in [-0.1, -0.05) is 6.07 Å². The number of hydrogen-bond acceptors (Lipinski definition) is 3. The Kier molecular flexibility index (Phi) is 2.98. The molecule has 0 aliphatic carbocycles. The summed E-state index contributed by atoms with van der Waals surface area (Å²) in [6.45, 7) is 0. The predicted molar refractivity (Wildman–Crippen MR) is 76.6 cm³/mol. The highest BCUT2D eigenvalue weighted by molar-refractivity contribution is 5.92. The van der Waals surface area contributed by atoms with Crippen LogP contribution in [-0.4, -0.2) is 9.91 Å². The molecule has 0 aliphatic rings. The molecule has 0 radical (unpaired) electrons. The summed E-state index contributed by atoms with van der Waals surface area (Å²) in [7, 11) is 0. The minimum Gasteiger partial charge on any atom is -0.321 e. The van der Waals surface area contributed by atoms with Gasteiger partial charge in [-0.05, 0) is 42.0 Å². The van der Waals surface area contributed by atoms with Crippen molar-refractivity contribution in [3.05, 3.63) is 74.8 Å². The summed E-state index contributed by atoms with van der Waals surface area (Å²) in [6.07, 6.45) is 0. The fourth-order valence-electron chi connectivity index (χ4n) is 2.22. The summed E-state index contributed by atoms with van der Waals surface area (Å²) < 4.78 is 12.9. The van der Waals surface area contributed by atoms with Crippen molar-refractivity contribution in [1.29, 1.82) is 0 Å². The largest absolute Gasteiger partial charge is 0.321 e. The molecule has 0 fully saturated rings. The van der Waals surface area contributed by atoms with E-state index in [1.807, 2.05) is 0 Å². The quantitative estimate of drug-likeness (QED) is 0.579. The zero-order valence-corrected chi connectivity index (χ0v) is 10.7. The van der Waals surface area contributed by atoms with Gasteiger partial charge in [0.05, 0.1) is 15.7 Å². The molecule has 104 valence electrons. The number of nitro benzene ring substituents is 1. The second kappa shape index (κ2) is 4.82. The van der Waals surface area contributed by atoms with Gasteiger partial charge in [-0.2, -0.15) is 0 Å². The molecule has 6 heteroatoms. The third kappa shape index (κ3) is 2.27. The van der Waals surface area contributed by atoms with Crippen LogP contribution in [-0.2, 0) is 0 Å². The van der Waals surface area contributed by atoms with Crippen LogP contribution >= 0.6 is 0 Å². The molecule has 1 aromatic heterocycles. The van der Waals surface area contributed by atoms with E-state index in [2.05, 4.69) is 4.98 Å². The summed E-state index contributed by atoms with van der Waals surface area (Å²) in [5.41, 5.74) is 0.424. The molecule has 0 unspecified atom stereocenters. The molecule has 3 rings (SSSR count). The Morgan fingerprint density at radius 1 is 1.05 bits per heavy atom. The van der Waals surface area contributed by atoms with Gasteiger partial charge in [0.15, 0.2) is 0 Å². The van der Waals surface area contributed by atoms with E-state index in [1.54, 1.807) is 0 Å². The highest BCUT2D eigenvalue weighted by Gasteiger charge is 2.14. The van der Waals surface area contributed by atoms with E-state index in [4.69, 9.17) is 0 Å². The first-order valence-corrected chi connectivity index (χ1v) is 6.12. The smallest absolute Gasteiger partial charge is 0.277 e. The maximum Gasteiger partial charge on any atom is 0.277 e. The number of non-ortho nitro benzene ring substituents is 1. The fourth-order valence-corrected chi connectivity index (χ4v) is 2.22. The van der Waals surface area contributed by atoms with Gasteiger partial charge in [-0.15, -0.1) is 0 Å². The molecule has 1 heterocycles. The topological polar surface area (TPSA) is 76.0 Å². The number of aromatic nitrogens is 1. The second-order valence-electron chi connectivity index (χ2n) is 4.51. The lowest BCUT2D eigenvalue weighted by Gasteiger charge is -2.04. The average molecular weight is 284 g/mol. The Bertz CT molecular complexity index is 901. The van der Waals surface area contributed by atoms with E-state index in [1.165, 1.54) is 48.5 Å². The monoisotopic (exact) mass is 284 g/mol. The van der Waals surface area contributed by atoms with Gasteiger partial charge >= 0.3 is 0 Å². The number of aromatic amines is 1. The van der Waals surface area contributed by atoms with Crippen LogP contribution in [0, 0.1) is 15.9 Å². The standard InChI is InChI=1S/C15H9FN2O3/c16-10-6-4-9(5-7-10)13-8-12-11(15(19)17-13)2-1-3-14(12)18(20)21/h1-8H,(H,17,19). The highest BCUT2D eigenvalue weighted by atomic mass is 19.1. The Morgan fingerprint density at radius 3 is 2.43 bits per heavy atom. The van der Waals surface area contributed by atoms with Gasteiger partial charge in [0.1, 0.15) is 5.82 Å². The molecule has 0 atom stereocenters. The number of fused-ring (bicyclic) bond motifs is 1. The van der Waals surface area contributed by atoms with Crippen LogP contribution in [0.15, 0.2) is 53.3 Å². The Hall–Kier alpha value is -3.02. The van der Waals surface area contributed by atoms with Crippen molar-refractivity contribution in [3.63, 3.8) is 0 Å². The minimum absolute atomic E-state index is 0.137. The van der Waals surface area contributed by atoms with Crippen molar-refractivity contribution in [2.75, 3.05) is 0 Å². The SMILES string of the molecule is O=c1[nH]c(-c2ccc(F)cc2)cc2c([N+](=O)[O-])cccc12. The number of benzene rings is 2. The Balaban J connectivity index is 2.31. The number of nitro groups is 1. The van der Waals surface area contributed by atoms with E-state index in [-0.39, 0.29) is 16.5 Å². The first-order chi connectivity index (χ1) is 10.1.